The number of carbonyl (C=O) groups excluding carboxylic acids is 2. The van der Waals surface area contributed by atoms with E-state index in [1.54, 1.807) is 34.1 Å². The molecule has 3 aromatic rings. The van der Waals surface area contributed by atoms with Crippen LogP contribution in [0.5, 0.6) is 0 Å². The molecule has 12 heteroatoms. The van der Waals surface area contributed by atoms with Crippen molar-refractivity contribution >= 4 is 17.8 Å². The summed E-state index contributed by atoms with van der Waals surface area (Å²) in [5, 5.41) is 6.57. The molecule has 9 nitrogen and oxygen atoms in total. The lowest BCUT2D eigenvalue weighted by atomic mass is 9.72. The number of carbonyl (C=O) groups is 2. The van der Waals surface area contributed by atoms with Crippen LogP contribution in [-0.4, -0.2) is 63.9 Å². The Kier molecular flexibility index (Phi) is 7.43. The Morgan fingerprint density at radius 3 is 2.15 bits per heavy atom. The van der Waals surface area contributed by atoms with E-state index < -0.39 is 17.7 Å². The third-order valence-corrected chi connectivity index (χ3v) is 7.31. The Morgan fingerprint density at radius 1 is 0.951 bits per heavy atom. The summed E-state index contributed by atoms with van der Waals surface area (Å²) in [6.07, 6.45) is -3.44. The zero-order chi connectivity index (χ0) is 29.4. The van der Waals surface area contributed by atoms with Crippen molar-refractivity contribution in [2.45, 2.75) is 51.9 Å². The molecule has 0 bridgehead atoms. The first-order valence-corrected chi connectivity index (χ1v) is 13.4. The van der Waals surface area contributed by atoms with Crippen LogP contribution in [0.15, 0.2) is 59.0 Å². The summed E-state index contributed by atoms with van der Waals surface area (Å²) in [5.74, 6) is -1.64. The maximum atomic E-state index is 13.8. The van der Waals surface area contributed by atoms with Gasteiger partial charge in [-0.25, -0.2) is 9.59 Å². The number of benzene rings is 2. The monoisotopic (exact) mass is 571 g/mol. The molecule has 0 atom stereocenters. The molecule has 2 aromatic carbocycles. The van der Waals surface area contributed by atoms with Crippen molar-refractivity contribution < 1.29 is 31.9 Å². The van der Waals surface area contributed by atoms with E-state index in [1.807, 2.05) is 56.0 Å². The third-order valence-electron chi connectivity index (χ3n) is 7.31. The van der Waals surface area contributed by atoms with E-state index in [2.05, 4.69) is 10.2 Å². The number of ether oxygens (including phenoxy) is 1. The Labute approximate surface area is 235 Å². The minimum atomic E-state index is -4.72. The summed E-state index contributed by atoms with van der Waals surface area (Å²) in [7, 11) is 0. The van der Waals surface area contributed by atoms with Crippen LogP contribution in [0, 0.1) is 5.41 Å². The van der Waals surface area contributed by atoms with Crippen molar-refractivity contribution in [3.8, 4) is 11.5 Å². The molecular formula is C29H32F3N5O4. The maximum Gasteiger partial charge on any atom is 0.470 e. The summed E-state index contributed by atoms with van der Waals surface area (Å²) in [6, 6.07) is 15.8. The van der Waals surface area contributed by atoms with Crippen LogP contribution in [0.4, 0.5) is 28.4 Å². The zero-order valence-electron chi connectivity index (χ0n) is 23.1. The lowest BCUT2D eigenvalue weighted by Crippen LogP contribution is -2.63. The predicted octanol–water partition coefficient (Wildman–Crippen LogP) is 6.21. The predicted molar refractivity (Wildman–Crippen MR) is 144 cm³/mol. The van der Waals surface area contributed by atoms with Crippen LogP contribution >= 0.6 is 0 Å². The van der Waals surface area contributed by atoms with Crippen LogP contribution < -0.4 is 4.90 Å². The second-order valence-electron chi connectivity index (χ2n) is 11.6. The lowest BCUT2D eigenvalue weighted by Gasteiger charge is -2.53. The molecule has 0 radical (unpaired) electrons. The van der Waals surface area contributed by atoms with Crippen LogP contribution in [0.25, 0.3) is 11.5 Å². The molecule has 0 saturated carbocycles. The van der Waals surface area contributed by atoms with E-state index in [-0.39, 0.29) is 30.0 Å². The lowest BCUT2D eigenvalue weighted by molar-refractivity contribution is -0.156. The molecule has 2 aliphatic heterocycles. The Morgan fingerprint density at radius 2 is 1.59 bits per heavy atom. The normalized spacial score (nSPS) is 16.8. The maximum absolute atomic E-state index is 13.8. The summed E-state index contributed by atoms with van der Waals surface area (Å²) in [6.45, 7) is 8.19. The largest absolute Gasteiger partial charge is 0.470 e. The van der Waals surface area contributed by atoms with Crippen molar-refractivity contribution in [3.63, 3.8) is 0 Å². The molecule has 3 heterocycles. The quantitative estimate of drug-likeness (QED) is 0.370. The number of piperidine rings is 1. The van der Waals surface area contributed by atoms with Crippen LogP contribution in [0.3, 0.4) is 0 Å². The molecule has 2 aliphatic rings. The molecule has 0 unspecified atom stereocenters. The molecule has 0 aliphatic carbocycles. The van der Waals surface area contributed by atoms with Crippen molar-refractivity contribution in [2.75, 3.05) is 31.1 Å². The number of amides is 3. The molecule has 3 amide bonds. The van der Waals surface area contributed by atoms with Gasteiger partial charge in [0.05, 0.1) is 6.54 Å². The van der Waals surface area contributed by atoms with Crippen LogP contribution in [0.2, 0.25) is 0 Å². The minimum Gasteiger partial charge on any atom is -0.444 e. The number of para-hydroxylation sites is 1. The number of hydrogen-bond donors (Lipinski definition) is 0. The van der Waals surface area contributed by atoms with Gasteiger partial charge in [-0.15, -0.1) is 10.2 Å². The standard InChI is InChI=1S/C29H32F3N5O4/c1-27(2,3)41-26(39)36-18-28(19-36)13-15-35(16-14-28)25(38)37(22-7-5-4-6-8-22)17-20-9-11-21(12-10-20)23-33-34-24(40-23)29(30,31)32/h4-12H,13-19H2,1-3H3. The van der Waals surface area contributed by atoms with Crippen LogP contribution in [-0.2, 0) is 17.5 Å². The summed E-state index contributed by atoms with van der Waals surface area (Å²) in [5.41, 5.74) is 1.31. The molecule has 41 heavy (non-hydrogen) atoms. The number of alkyl halides is 3. The number of anilines is 1. The number of urea groups is 1. The Hall–Kier alpha value is -4.09. The number of aromatic nitrogens is 2. The highest BCUT2D eigenvalue weighted by Crippen LogP contribution is 2.41. The van der Waals surface area contributed by atoms with Gasteiger partial charge < -0.3 is 19.0 Å². The average Bonchev–Trinajstić information content (AvgIpc) is 3.41. The average molecular weight is 572 g/mol. The first-order chi connectivity index (χ1) is 19.3. The smallest absolute Gasteiger partial charge is 0.444 e. The van der Waals surface area contributed by atoms with Crippen molar-refractivity contribution in [1.82, 2.24) is 20.0 Å². The van der Waals surface area contributed by atoms with Gasteiger partial charge in [0.25, 0.3) is 0 Å². The van der Waals surface area contributed by atoms with Gasteiger partial charge in [-0.05, 0) is 63.4 Å². The number of halogens is 3. The Balaban J connectivity index is 1.24. The highest BCUT2D eigenvalue weighted by atomic mass is 19.4. The molecule has 2 fully saturated rings. The minimum absolute atomic E-state index is 0.00180. The van der Waals surface area contributed by atoms with E-state index in [1.165, 1.54) is 0 Å². The molecular weight excluding hydrogens is 539 g/mol. The highest BCUT2D eigenvalue weighted by molar-refractivity contribution is 5.92. The summed E-state index contributed by atoms with van der Waals surface area (Å²) in [4.78, 5) is 31.4. The van der Waals surface area contributed by atoms with E-state index in [0.717, 1.165) is 24.1 Å². The molecule has 1 spiro atoms. The van der Waals surface area contributed by atoms with E-state index in [0.29, 0.717) is 31.7 Å². The van der Waals surface area contributed by atoms with Crippen molar-refractivity contribution in [1.29, 1.82) is 0 Å². The number of likely N-dealkylation sites (tertiary alicyclic amines) is 2. The third kappa shape index (κ3) is 6.47. The highest BCUT2D eigenvalue weighted by Gasteiger charge is 2.48. The van der Waals surface area contributed by atoms with Gasteiger partial charge in [-0.1, -0.05) is 30.3 Å². The van der Waals surface area contributed by atoms with Gasteiger partial charge in [-0.3, -0.25) is 4.90 Å². The van der Waals surface area contributed by atoms with Crippen LogP contribution in [0.1, 0.15) is 45.1 Å². The topological polar surface area (TPSA) is 92.0 Å². The van der Waals surface area contributed by atoms with Gasteiger partial charge in [-0.2, -0.15) is 13.2 Å². The molecule has 5 rings (SSSR count). The fraction of sp³-hybridized carbons (Fsp3) is 0.448. The van der Waals surface area contributed by atoms with Gasteiger partial charge in [0.1, 0.15) is 5.60 Å². The number of hydrogen-bond acceptors (Lipinski definition) is 6. The van der Waals surface area contributed by atoms with Crippen molar-refractivity contribution in [3.05, 3.63) is 66.1 Å². The van der Waals surface area contributed by atoms with Gasteiger partial charge in [0, 0.05) is 42.8 Å². The second-order valence-corrected chi connectivity index (χ2v) is 11.6. The van der Waals surface area contributed by atoms with Gasteiger partial charge >= 0.3 is 24.2 Å². The SMILES string of the molecule is CC(C)(C)OC(=O)N1CC2(CCN(C(=O)N(Cc3ccc(-c4nnc(C(F)(F)F)o4)cc3)c3ccccc3)CC2)C1. The Bertz CT molecular complexity index is 1370. The first-order valence-electron chi connectivity index (χ1n) is 13.4. The van der Waals surface area contributed by atoms with E-state index in [9.17, 15) is 22.8 Å². The zero-order valence-corrected chi connectivity index (χ0v) is 23.1. The summed E-state index contributed by atoms with van der Waals surface area (Å²) < 4.78 is 48.7. The van der Waals surface area contributed by atoms with E-state index >= 15 is 0 Å². The first kappa shape index (κ1) is 28.4. The number of rotatable bonds is 4. The molecule has 1 aromatic heterocycles. The number of nitrogens with zero attached hydrogens (tertiary/aromatic N) is 5. The molecule has 2 saturated heterocycles. The molecule has 0 N–H and O–H groups in total. The molecule has 218 valence electrons. The fourth-order valence-corrected chi connectivity index (χ4v) is 5.15. The van der Waals surface area contributed by atoms with Gasteiger partial charge in [0.2, 0.25) is 5.89 Å². The second kappa shape index (κ2) is 10.7. The van der Waals surface area contributed by atoms with Gasteiger partial charge in [0.15, 0.2) is 0 Å². The van der Waals surface area contributed by atoms with E-state index in [4.69, 9.17) is 9.15 Å². The van der Waals surface area contributed by atoms with Crippen molar-refractivity contribution in [2.24, 2.45) is 5.41 Å². The fourth-order valence-electron chi connectivity index (χ4n) is 5.15. The summed E-state index contributed by atoms with van der Waals surface area (Å²) >= 11 is 0.